The molecular weight excluding hydrogens is 1510 g/mol. The van der Waals surface area contributed by atoms with Crippen molar-refractivity contribution in [3.8, 4) is 0 Å². The minimum atomic E-state index is -1.06. The van der Waals surface area contributed by atoms with Crippen molar-refractivity contribution in [2.24, 2.45) is 65.0 Å². The fourth-order valence-electron chi connectivity index (χ4n) is 27.4. The first kappa shape index (κ1) is 87.3. The Morgan fingerprint density at radius 2 is 0.408 bits per heavy atom. The van der Waals surface area contributed by atoms with Crippen molar-refractivity contribution in [1.82, 2.24) is 30.4 Å². The number of carbonyl (C=O) groups excluding carboxylic acids is 12. The maximum Gasteiger partial charge on any atom is 0.232 e. The van der Waals surface area contributed by atoms with Crippen LogP contribution in [0.1, 0.15) is 314 Å². The summed E-state index contributed by atoms with van der Waals surface area (Å²) in [5.74, 6) is -3.33. The number of anilines is 4. The predicted octanol–water partition coefficient (Wildman–Crippen LogP) is 19.2. The van der Waals surface area contributed by atoms with Crippen molar-refractivity contribution in [3.63, 3.8) is 0 Å². The summed E-state index contributed by atoms with van der Waals surface area (Å²) in [6.07, 6.45) is 18.5. The first-order valence-corrected chi connectivity index (χ1v) is 46.1. The number of aromatic nitrogens is 2. The third kappa shape index (κ3) is 14.5. The third-order valence-corrected chi connectivity index (χ3v) is 30.9. The predicted molar refractivity (Wildman–Crippen MR) is 470 cm³/mol. The molecule has 6 aromatic rings. The van der Waals surface area contributed by atoms with Crippen molar-refractivity contribution in [1.29, 1.82) is 0 Å². The number of hydrogen-bond donors (Lipinski definition) is 8. The van der Waals surface area contributed by atoms with Crippen molar-refractivity contribution < 1.29 is 57.5 Å². The number of aryl methyl sites for hydroxylation is 2. The van der Waals surface area contributed by atoms with Gasteiger partial charge in [0.2, 0.25) is 70.9 Å². The van der Waals surface area contributed by atoms with Crippen LogP contribution in [0.25, 0.3) is 43.6 Å². The number of fused-ring (bicyclic) bond motifs is 14. The van der Waals surface area contributed by atoms with Crippen molar-refractivity contribution in [3.05, 3.63) is 72.8 Å². The molecule has 4 unspecified atom stereocenters. The number of nitrogens with zero attached hydrogens (tertiary/aromatic N) is 2. The second-order valence-corrected chi connectivity index (χ2v) is 39.7. The highest BCUT2D eigenvalue weighted by atomic mass is 16.2. The number of benzene rings is 4. The van der Waals surface area contributed by atoms with Crippen LogP contribution in [-0.4, -0.2) is 80.0 Å². The minimum absolute atomic E-state index is 0.237. The summed E-state index contributed by atoms with van der Waals surface area (Å²) in [6, 6.07) is 23.6. The molecule has 12 amide bonds. The molecule has 4 aliphatic carbocycles. The quantitative estimate of drug-likeness (QED) is 0.0172. The van der Waals surface area contributed by atoms with Crippen LogP contribution in [0.3, 0.4) is 0 Å². The van der Waals surface area contributed by atoms with Gasteiger partial charge < -0.3 is 30.4 Å². The zero-order valence-corrected chi connectivity index (χ0v) is 73.6. The van der Waals surface area contributed by atoms with E-state index in [0.717, 1.165) is 43.6 Å². The second-order valence-electron chi connectivity index (χ2n) is 39.7. The standard InChI is InChI=1S/C98H132N10O12/c1-13-33-87(51-91(37-17-5)59-92(52-87,38-18-6)80(114)103-79(91)113)75(109)99-63-25-29-71-67(47-63)68-48-64(100-76(110)88(34-14-2)53-93(39-19-7)60-94(54-88,40-20-8)82(116)104-81(93)115)26-30-72(68)107(71)45-46-108-73-31-27-65(101-77(111)89(35-15-3)55-95(41-21-9)61-96(56-89,42-22-10)84(118)105-83(95)117)49-69(73)70-50-66(28-32-74(70)108)102-78(112)90(36-16-4)57-97(43-23-11)62-98(58-90,44-24-12)86(120)106-85(97)119/h25-32,47-50H,13-24,33-46,51-62H2,1-12H3,(H,99,109)(H,100,110)(H,101,111)(H,102,112)(H,103,113,114)(H,104,115,116)(H,105,117,118)(H,106,119,120)/t87?,88?,89?,90?,91-,92+,93-,94+,95-,96+,97-,98+. The van der Waals surface area contributed by atoms with Gasteiger partial charge in [-0.25, -0.2) is 0 Å². The number of hydrogen-bond acceptors (Lipinski definition) is 12. The van der Waals surface area contributed by atoms with Gasteiger partial charge in [0.05, 0.1) is 65.0 Å². The summed E-state index contributed by atoms with van der Waals surface area (Å²) >= 11 is 0. The SMILES string of the molecule is CCCC1(C(=O)Nc2ccc3c(c2)c2cc(NC(=O)C4(CCC)C[C@@]5(CCC)C[C@@](CCC)(C4)C(=O)NC5=O)ccc2n3CCn2c3ccc(NC(=O)C4(CCC)C[C@@]5(CCC)C[C@@](CCC)(C4)C(=O)NC5=O)cc3c3cc(NC(=O)C4(CCC)C[C@@]5(CCC)C[C@@](CCC)(C4)C(=O)NC5=O)ccc32)C[C@@]2(CCC)C[C@@](CCC)(C1)C(=O)NC2=O. The Bertz CT molecular complexity index is 4400. The number of piperidine rings is 4. The lowest BCUT2D eigenvalue weighted by molar-refractivity contribution is -0.171. The maximum absolute atomic E-state index is 15.8. The zero-order valence-electron chi connectivity index (χ0n) is 73.6. The first-order chi connectivity index (χ1) is 57.3. The fraction of sp³-hybridized carbons (Fsp3) is 0.633. The molecule has 8 N–H and O–H groups in total. The number of nitrogens with one attached hydrogen (secondary N) is 8. The third-order valence-electron chi connectivity index (χ3n) is 30.9. The minimum Gasteiger partial charge on any atom is -0.339 e. The average molecular weight is 1640 g/mol. The van der Waals surface area contributed by atoms with Crippen LogP contribution in [0.4, 0.5) is 22.7 Å². The number of imide groups is 4. The lowest BCUT2D eigenvalue weighted by Crippen LogP contribution is -2.65. The number of rotatable bonds is 35. The van der Waals surface area contributed by atoms with E-state index in [2.05, 4.69) is 51.7 Å². The van der Waals surface area contributed by atoms with E-state index in [0.29, 0.717) is 267 Å². The summed E-state index contributed by atoms with van der Waals surface area (Å²) in [5, 5.41) is 27.9. The van der Waals surface area contributed by atoms with Gasteiger partial charge in [0.15, 0.2) is 0 Å². The molecule has 12 atom stereocenters. The molecule has 8 fully saturated rings. The highest BCUT2D eigenvalue weighted by molar-refractivity contribution is 6.16. The smallest absolute Gasteiger partial charge is 0.232 e. The Labute approximate surface area is 707 Å². The second kappa shape index (κ2) is 33.0. The molecule has 8 aliphatic rings. The Hall–Kier alpha value is -9.08. The highest BCUT2D eigenvalue weighted by Crippen LogP contribution is 2.67. The highest BCUT2D eigenvalue weighted by Gasteiger charge is 2.69. The van der Waals surface area contributed by atoms with Crippen LogP contribution >= 0.6 is 0 Å². The van der Waals surface area contributed by atoms with Gasteiger partial charge in [-0.15, -0.1) is 0 Å². The summed E-state index contributed by atoms with van der Waals surface area (Å²) < 4.78 is 4.49. The molecule has 0 radical (unpaired) electrons. The summed E-state index contributed by atoms with van der Waals surface area (Å²) in [5.41, 5.74) is -6.13. The normalized spacial score (nSPS) is 31.4. The molecule has 0 spiro atoms. The topological polar surface area (TPSA) is 311 Å². The van der Waals surface area contributed by atoms with Crippen LogP contribution in [-0.2, 0) is 70.6 Å². The van der Waals surface area contributed by atoms with Gasteiger partial charge in [-0.2, -0.15) is 0 Å². The first-order valence-electron chi connectivity index (χ1n) is 46.1. The largest absolute Gasteiger partial charge is 0.339 e. The molecule has 120 heavy (non-hydrogen) atoms. The van der Waals surface area contributed by atoms with Gasteiger partial charge in [0.1, 0.15) is 0 Å². The molecule has 4 aliphatic heterocycles. The Morgan fingerprint density at radius 1 is 0.250 bits per heavy atom. The fourth-order valence-corrected chi connectivity index (χ4v) is 27.4. The van der Waals surface area contributed by atoms with E-state index in [9.17, 15) is 38.4 Å². The molecule has 22 heteroatoms. The molecule has 8 bridgehead atoms. The molecule has 4 saturated carbocycles. The monoisotopic (exact) mass is 1640 g/mol. The van der Waals surface area contributed by atoms with Crippen LogP contribution in [0, 0.1) is 65.0 Å². The van der Waals surface area contributed by atoms with Gasteiger partial charge in [-0.3, -0.25) is 78.8 Å². The summed E-state index contributed by atoms with van der Waals surface area (Å²) in [4.78, 5) is 178. The van der Waals surface area contributed by atoms with Crippen molar-refractivity contribution in [2.45, 2.75) is 327 Å². The lowest BCUT2D eigenvalue weighted by Gasteiger charge is -2.57. The molecule has 646 valence electrons. The van der Waals surface area contributed by atoms with E-state index in [1.807, 2.05) is 156 Å². The Kier molecular flexibility index (Phi) is 24.0. The molecular formula is C98H132N10O12. The van der Waals surface area contributed by atoms with Crippen molar-refractivity contribution in [2.75, 3.05) is 21.3 Å². The van der Waals surface area contributed by atoms with Crippen LogP contribution in [0.5, 0.6) is 0 Å². The van der Waals surface area contributed by atoms with Crippen molar-refractivity contribution >= 4 is 137 Å². The van der Waals surface area contributed by atoms with E-state index >= 15 is 19.2 Å². The van der Waals surface area contributed by atoms with Crippen LogP contribution in [0.2, 0.25) is 0 Å². The molecule has 14 rings (SSSR count). The van der Waals surface area contributed by atoms with E-state index in [1.54, 1.807) is 0 Å². The lowest BCUT2D eigenvalue weighted by atomic mass is 9.47. The van der Waals surface area contributed by atoms with E-state index in [1.165, 1.54) is 0 Å². The summed E-state index contributed by atoms with van der Waals surface area (Å²) in [6.45, 7) is 25.3. The number of carbonyl (C=O) groups is 12. The average Bonchev–Trinajstić information content (AvgIpc) is 1.29. The Morgan fingerprint density at radius 3 is 0.558 bits per heavy atom. The van der Waals surface area contributed by atoms with E-state index in [4.69, 9.17) is 0 Å². The molecule has 4 aromatic carbocycles. The molecule has 4 saturated heterocycles. The Balaban J connectivity index is 0.888. The van der Waals surface area contributed by atoms with Gasteiger partial charge >= 0.3 is 0 Å². The zero-order chi connectivity index (χ0) is 86.0. The van der Waals surface area contributed by atoms with E-state index < -0.39 is 65.0 Å². The molecule has 6 heterocycles. The van der Waals surface area contributed by atoms with Gasteiger partial charge in [0.25, 0.3) is 0 Å². The van der Waals surface area contributed by atoms with Gasteiger partial charge in [-0.1, -0.05) is 160 Å². The van der Waals surface area contributed by atoms with E-state index in [-0.39, 0.29) is 70.9 Å². The summed E-state index contributed by atoms with van der Waals surface area (Å²) in [7, 11) is 0. The molecule has 2 aromatic heterocycles. The van der Waals surface area contributed by atoms with Gasteiger partial charge in [0, 0.05) is 79.5 Å². The van der Waals surface area contributed by atoms with Crippen LogP contribution in [0.15, 0.2) is 72.8 Å². The van der Waals surface area contributed by atoms with Gasteiger partial charge in [-0.05, 0) is 227 Å². The number of amides is 12. The van der Waals surface area contributed by atoms with Crippen LogP contribution < -0.4 is 42.5 Å². The molecule has 22 nitrogen and oxygen atoms in total. The maximum atomic E-state index is 15.8.